The number of rotatable bonds is 4. The highest BCUT2D eigenvalue weighted by atomic mass is 35.5. The van der Waals surface area contributed by atoms with E-state index in [9.17, 15) is 18.0 Å². The molecule has 0 spiro atoms. The van der Waals surface area contributed by atoms with Crippen molar-refractivity contribution in [3.05, 3.63) is 11.1 Å². The molecule has 0 bridgehead atoms. The molecule has 0 saturated heterocycles. The number of carbonyl (C=O) groups is 1. The number of hydrogen-bond acceptors (Lipinski definition) is 1. The van der Waals surface area contributed by atoms with Gasteiger partial charge in [-0.05, 0) is 6.08 Å². The van der Waals surface area contributed by atoms with Crippen LogP contribution in [0.1, 0.15) is 20.3 Å². The number of carboxylic acids is 1. The lowest BCUT2D eigenvalue weighted by Crippen LogP contribution is -2.33. The molecule has 0 aromatic rings. The van der Waals surface area contributed by atoms with Gasteiger partial charge >= 0.3 is 12.1 Å². The van der Waals surface area contributed by atoms with Crippen LogP contribution in [0.2, 0.25) is 0 Å². The number of halogens is 6. The average Bonchev–Trinajstić information content (AvgIpc) is 1.97. The van der Waals surface area contributed by atoms with Crippen LogP contribution >= 0.6 is 34.8 Å². The lowest BCUT2D eigenvalue weighted by atomic mass is 9.88. The summed E-state index contributed by atoms with van der Waals surface area (Å²) in [4.78, 5) is 10.5. The summed E-state index contributed by atoms with van der Waals surface area (Å²) in [6, 6.07) is 0. The maximum Gasteiger partial charge on any atom is 0.425 e. The highest BCUT2D eigenvalue weighted by molar-refractivity contribution is 6.51. The number of alkyl halides is 5. The van der Waals surface area contributed by atoms with Crippen molar-refractivity contribution in [1.29, 1.82) is 0 Å². The molecule has 0 aromatic heterocycles. The molecule has 0 atom stereocenters. The van der Waals surface area contributed by atoms with Gasteiger partial charge in [-0.2, -0.15) is 13.2 Å². The van der Waals surface area contributed by atoms with E-state index in [0.717, 1.165) is 0 Å². The lowest BCUT2D eigenvalue weighted by molar-refractivity contribution is -0.138. The Kier molecular flexibility index (Phi) is 5.20. The molecule has 0 fully saturated rings. The molecule has 1 N–H and O–H groups in total. The number of aliphatic carboxylic acids is 1. The Hall–Kier alpha value is -0.130. The zero-order valence-electron chi connectivity index (χ0n) is 8.91. The van der Waals surface area contributed by atoms with Gasteiger partial charge in [0.15, 0.2) is 0 Å². The van der Waals surface area contributed by atoms with Crippen LogP contribution in [0.5, 0.6) is 0 Å². The smallest absolute Gasteiger partial charge is 0.425 e. The third kappa shape index (κ3) is 4.94. The fourth-order valence-corrected chi connectivity index (χ4v) is 1.46. The summed E-state index contributed by atoms with van der Waals surface area (Å²) in [7, 11) is 0. The van der Waals surface area contributed by atoms with E-state index in [2.05, 4.69) is 0 Å². The first kappa shape index (κ1) is 16.9. The fraction of sp³-hybridized carbons (Fsp3) is 0.667. The first-order chi connectivity index (χ1) is 7.29. The second-order valence-corrected chi connectivity index (χ2v) is 5.86. The van der Waals surface area contributed by atoms with Crippen LogP contribution in [0.25, 0.3) is 0 Å². The van der Waals surface area contributed by atoms with Crippen LogP contribution in [0.4, 0.5) is 13.2 Å². The Bertz CT molecular complexity index is 335. The van der Waals surface area contributed by atoms with Gasteiger partial charge in [0, 0.05) is 10.4 Å². The van der Waals surface area contributed by atoms with E-state index in [-0.39, 0.29) is 5.03 Å². The van der Waals surface area contributed by atoms with Crippen LogP contribution in [-0.4, -0.2) is 21.6 Å². The quantitative estimate of drug-likeness (QED) is 0.784. The Labute approximate surface area is 111 Å². The van der Waals surface area contributed by atoms with Gasteiger partial charge in [-0.15, -0.1) is 0 Å². The van der Waals surface area contributed by atoms with E-state index in [1.54, 1.807) is 0 Å². The molecule has 0 aromatic carbocycles. The average molecular weight is 314 g/mol. The largest absolute Gasteiger partial charge is 0.481 e. The summed E-state index contributed by atoms with van der Waals surface area (Å²) in [5.41, 5.74) is -1.19. The molecule has 100 valence electrons. The van der Waals surface area contributed by atoms with Crippen molar-refractivity contribution < 1.29 is 23.1 Å². The van der Waals surface area contributed by atoms with E-state index in [1.807, 2.05) is 0 Å². The van der Waals surface area contributed by atoms with E-state index in [1.165, 1.54) is 13.8 Å². The molecule has 0 aliphatic carbocycles. The highest BCUT2D eigenvalue weighted by Gasteiger charge is 2.51. The molecular weight excluding hydrogens is 303 g/mol. The topological polar surface area (TPSA) is 37.3 Å². The predicted molar refractivity (Wildman–Crippen MR) is 60.5 cm³/mol. The van der Waals surface area contributed by atoms with Gasteiger partial charge in [-0.3, -0.25) is 4.79 Å². The molecule has 17 heavy (non-hydrogen) atoms. The standard InChI is InChI=1S/C9H10Cl3F3O2/c1-7(2,4-6(16)17)5(10)3-8(11,12)9(13,14)15/h3H,4H2,1-2H3,(H,16,17). The van der Waals surface area contributed by atoms with Gasteiger partial charge in [-0.1, -0.05) is 48.7 Å². The summed E-state index contributed by atoms with van der Waals surface area (Å²) in [5.74, 6) is -1.19. The second-order valence-electron chi connectivity index (χ2n) is 4.07. The minimum Gasteiger partial charge on any atom is -0.481 e. The zero-order chi connectivity index (χ0) is 14.1. The molecule has 0 heterocycles. The second kappa shape index (κ2) is 5.24. The van der Waals surface area contributed by atoms with E-state index in [0.29, 0.717) is 6.08 Å². The van der Waals surface area contributed by atoms with Gasteiger partial charge in [0.25, 0.3) is 0 Å². The molecule has 0 amide bonds. The maximum absolute atomic E-state index is 12.4. The Balaban J connectivity index is 5.16. The van der Waals surface area contributed by atoms with E-state index in [4.69, 9.17) is 39.9 Å². The number of carboxylic acid groups (broad SMARTS) is 1. The van der Waals surface area contributed by atoms with Gasteiger partial charge < -0.3 is 5.11 Å². The summed E-state index contributed by atoms with van der Waals surface area (Å²) in [5, 5.41) is 8.22. The molecule has 0 unspecified atom stereocenters. The lowest BCUT2D eigenvalue weighted by Gasteiger charge is -2.25. The first-order valence-corrected chi connectivity index (χ1v) is 5.48. The van der Waals surface area contributed by atoms with Crippen molar-refractivity contribution in [2.24, 2.45) is 5.41 Å². The Morgan fingerprint density at radius 3 is 2.00 bits per heavy atom. The third-order valence-corrected chi connectivity index (χ3v) is 3.19. The normalized spacial score (nSPS) is 14.9. The van der Waals surface area contributed by atoms with Gasteiger partial charge in [-0.25, -0.2) is 0 Å². The molecule has 0 rings (SSSR count). The highest BCUT2D eigenvalue weighted by Crippen LogP contribution is 2.45. The Morgan fingerprint density at radius 1 is 1.29 bits per heavy atom. The van der Waals surface area contributed by atoms with Gasteiger partial charge in [0.2, 0.25) is 4.33 Å². The van der Waals surface area contributed by atoms with Crippen LogP contribution in [0.3, 0.4) is 0 Å². The molecule has 8 heteroatoms. The summed E-state index contributed by atoms with van der Waals surface area (Å²) >= 11 is 15.8. The molecule has 0 saturated carbocycles. The fourth-order valence-electron chi connectivity index (χ4n) is 0.899. The molecule has 2 nitrogen and oxygen atoms in total. The van der Waals surface area contributed by atoms with Crippen molar-refractivity contribution >= 4 is 40.8 Å². The first-order valence-electron chi connectivity index (χ1n) is 4.35. The number of hydrogen-bond donors (Lipinski definition) is 1. The number of allylic oxidation sites excluding steroid dienone is 2. The van der Waals surface area contributed by atoms with Crippen LogP contribution in [0, 0.1) is 5.41 Å². The molecule has 0 aliphatic heterocycles. The van der Waals surface area contributed by atoms with Crippen molar-refractivity contribution in [3.8, 4) is 0 Å². The third-order valence-electron chi connectivity index (χ3n) is 1.93. The van der Waals surface area contributed by atoms with Gasteiger partial charge in [0.1, 0.15) is 0 Å². The minimum absolute atomic E-state index is 0.359. The van der Waals surface area contributed by atoms with Crippen LogP contribution in [0.15, 0.2) is 11.1 Å². The molecule has 0 aliphatic rings. The van der Waals surface area contributed by atoms with Crippen molar-refractivity contribution in [2.45, 2.75) is 30.8 Å². The van der Waals surface area contributed by atoms with E-state index >= 15 is 0 Å². The van der Waals surface area contributed by atoms with Crippen LogP contribution < -0.4 is 0 Å². The molecule has 0 radical (unpaired) electrons. The van der Waals surface area contributed by atoms with Crippen molar-refractivity contribution in [3.63, 3.8) is 0 Å². The summed E-state index contributed by atoms with van der Waals surface area (Å²) in [6.07, 6.45) is -4.93. The van der Waals surface area contributed by atoms with E-state index < -0.39 is 28.3 Å². The van der Waals surface area contributed by atoms with Crippen molar-refractivity contribution in [2.75, 3.05) is 0 Å². The SMILES string of the molecule is CC(C)(CC(=O)O)C(Cl)=CC(Cl)(Cl)C(F)(F)F. The predicted octanol–water partition coefficient (Wildman–Crippen LogP) is 4.35. The Morgan fingerprint density at radius 2 is 1.71 bits per heavy atom. The zero-order valence-corrected chi connectivity index (χ0v) is 11.2. The molecular formula is C9H10Cl3F3O2. The van der Waals surface area contributed by atoms with Crippen LogP contribution in [-0.2, 0) is 4.79 Å². The maximum atomic E-state index is 12.4. The minimum atomic E-state index is -4.89. The van der Waals surface area contributed by atoms with Gasteiger partial charge in [0.05, 0.1) is 6.42 Å². The monoisotopic (exact) mass is 312 g/mol. The van der Waals surface area contributed by atoms with Crippen molar-refractivity contribution in [1.82, 2.24) is 0 Å². The summed E-state index contributed by atoms with van der Waals surface area (Å²) in [6.45, 7) is 2.75. The summed E-state index contributed by atoms with van der Waals surface area (Å²) < 4.78 is 33.9.